The second-order valence-electron chi connectivity index (χ2n) is 5.62. The fourth-order valence-electron chi connectivity index (χ4n) is 2.79. The Morgan fingerprint density at radius 3 is 2.70 bits per heavy atom. The largest absolute Gasteiger partial charge is 0.465 e. The molecule has 1 amide bonds. The highest BCUT2D eigenvalue weighted by molar-refractivity contribution is 5.95. The number of non-ortho nitro benzene ring substituents is 1. The van der Waals surface area contributed by atoms with E-state index in [4.69, 9.17) is 5.73 Å². The summed E-state index contributed by atoms with van der Waals surface area (Å²) in [6.45, 7) is 0. The molecule has 1 aliphatic rings. The molecule has 0 saturated heterocycles. The minimum atomic E-state index is -0.706. The van der Waals surface area contributed by atoms with Gasteiger partial charge in [-0.15, -0.1) is 0 Å². The summed E-state index contributed by atoms with van der Waals surface area (Å²) in [4.78, 5) is 34.0. The third kappa shape index (κ3) is 4.26. The monoisotopic (exact) mass is 321 g/mol. The van der Waals surface area contributed by atoms with Crippen molar-refractivity contribution in [3.63, 3.8) is 0 Å². The van der Waals surface area contributed by atoms with Crippen LogP contribution in [0.4, 0.5) is 11.4 Å². The quantitative estimate of drug-likeness (QED) is 0.484. The maximum absolute atomic E-state index is 12.1. The predicted molar refractivity (Wildman–Crippen MR) is 83.0 cm³/mol. The molecule has 0 aliphatic heterocycles. The Bertz CT molecular complexity index is 632. The molecule has 2 atom stereocenters. The topological polar surface area (TPSA) is 125 Å². The lowest BCUT2D eigenvalue weighted by atomic mass is 10.00. The van der Waals surface area contributed by atoms with Crippen LogP contribution in [0.25, 0.3) is 0 Å². The second-order valence-corrected chi connectivity index (χ2v) is 5.62. The SMILES string of the molecule is COC(=O)c1cc(NC(=O)C[C@@H]2CCC[C@H]2N)cc([N+](=O)[O-])c1. The number of nitrogens with two attached hydrogens (primary N) is 1. The van der Waals surface area contributed by atoms with E-state index in [9.17, 15) is 19.7 Å². The summed E-state index contributed by atoms with van der Waals surface area (Å²) in [7, 11) is 1.18. The standard InChI is InChI=1S/C15H19N3O5/c1-23-15(20)10-5-11(8-12(6-10)18(21)22)17-14(19)7-9-3-2-4-13(9)16/h5-6,8-9,13H,2-4,7,16H2,1H3,(H,17,19)/t9-,13+/m0/s1. The zero-order valence-electron chi connectivity index (χ0n) is 12.8. The molecule has 1 aromatic rings. The number of ether oxygens (including phenoxy) is 1. The van der Waals surface area contributed by atoms with Gasteiger partial charge >= 0.3 is 5.97 Å². The lowest BCUT2D eigenvalue weighted by molar-refractivity contribution is -0.384. The molecule has 23 heavy (non-hydrogen) atoms. The molecule has 8 heteroatoms. The van der Waals surface area contributed by atoms with E-state index in [2.05, 4.69) is 10.1 Å². The van der Waals surface area contributed by atoms with Gasteiger partial charge in [-0.05, 0) is 24.8 Å². The first-order valence-corrected chi connectivity index (χ1v) is 7.34. The number of nitrogens with zero attached hydrogens (tertiary/aromatic N) is 1. The number of nitrogens with one attached hydrogen (secondary N) is 1. The van der Waals surface area contributed by atoms with E-state index in [0.717, 1.165) is 25.3 Å². The summed E-state index contributed by atoms with van der Waals surface area (Å²) in [6.07, 6.45) is 3.07. The van der Waals surface area contributed by atoms with Gasteiger partial charge in [0, 0.05) is 30.3 Å². The average molecular weight is 321 g/mol. The molecule has 0 bridgehead atoms. The number of rotatable bonds is 5. The van der Waals surface area contributed by atoms with Crippen LogP contribution in [0, 0.1) is 16.0 Å². The highest BCUT2D eigenvalue weighted by Crippen LogP contribution is 2.28. The van der Waals surface area contributed by atoms with Gasteiger partial charge < -0.3 is 15.8 Å². The van der Waals surface area contributed by atoms with Crippen LogP contribution in [-0.2, 0) is 9.53 Å². The van der Waals surface area contributed by atoms with Gasteiger partial charge in [0.2, 0.25) is 5.91 Å². The third-order valence-corrected chi connectivity index (χ3v) is 4.00. The summed E-state index contributed by atoms with van der Waals surface area (Å²) < 4.78 is 4.56. The summed E-state index contributed by atoms with van der Waals surface area (Å²) in [5.41, 5.74) is 5.84. The Morgan fingerprint density at radius 1 is 1.39 bits per heavy atom. The van der Waals surface area contributed by atoms with Crippen LogP contribution in [-0.4, -0.2) is 30.0 Å². The smallest absolute Gasteiger partial charge is 0.338 e. The van der Waals surface area contributed by atoms with Gasteiger partial charge in [-0.1, -0.05) is 6.42 Å². The van der Waals surface area contributed by atoms with Crippen LogP contribution in [0.15, 0.2) is 18.2 Å². The molecule has 0 unspecified atom stereocenters. The highest BCUT2D eigenvalue weighted by Gasteiger charge is 2.26. The maximum Gasteiger partial charge on any atom is 0.338 e. The van der Waals surface area contributed by atoms with Crippen LogP contribution < -0.4 is 11.1 Å². The normalized spacial score (nSPS) is 20.1. The van der Waals surface area contributed by atoms with Crippen LogP contribution in [0.5, 0.6) is 0 Å². The predicted octanol–water partition coefficient (Wildman–Crippen LogP) is 1.84. The van der Waals surface area contributed by atoms with Crippen molar-refractivity contribution in [3.05, 3.63) is 33.9 Å². The van der Waals surface area contributed by atoms with Crippen LogP contribution in [0.3, 0.4) is 0 Å². The number of esters is 1. The van der Waals surface area contributed by atoms with E-state index < -0.39 is 10.9 Å². The molecule has 124 valence electrons. The fourth-order valence-corrected chi connectivity index (χ4v) is 2.79. The highest BCUT2D eigenvalue weighted by atomic mass is 16.6. The number of nitro benzene ring substituents is 1. The molecule has 1 saturated carbocycles. The molecule has 3 N–H and O–H groups in total. The molecule has 0 spiro atoms. The number of carbonyl (C=O) groups is 2. The van der Waals surface area contributed by atoms with E-state index >= 15 is 0 Å². The summed E-state index contributed by atoms with van der Waals surface area (Å²) >= 11 is 0. The van der Waals surface area contributed by atoms with Gasteiger partial charge in [-0.3, -0.25) is 14.9 Å². The Morgan fingerprint density at radius 2 is 2.13 bits per heavy atom. The van der Waals surface area contributed by atoms with E-state index in [1.165, 1.54) is 19.2 Å². The summed E-state index contributed by atoms with van der Waals surface area (Å²) in [6, 6.07) is 3.68. The number of methoxy groups -OCH3 is 1. The number of nitro groups is 1. The maximum atomic E-state index is 12.1. The molecule has 1 aliphatic carbocycles. The molecule has 0 radical (unpaired) electrons. The van der Waals surface area contributed by atoms with E-state index in [1.807, 2.05) is 0 Å². The first kappa shape index (κ1) is 16.9. The number of amides is 1. The number of hydrogen-bond donors (Lipinski definition) is 2. The Labute approximate surface area is 133 Å². The molecular formula is C15H19N3O5. The molecule has 1 fully saturated rings. The zero-order valence-corrected chi connectivity index (χ0v) is 12.8. The van der Waals surface area contributed by atoms with Crippen molar-refractivity contribution in [2.24, 2.45) is 11.7 Å². The fraction of sp³-hybridized carbons (Fsp3) is 0.467. The van der Waals surface area contributed by atoms with Crippen LogP contribution in [0.1, 0.15) is 36.0 Å². The minimum Gasteiger partial charge on any atom is -0.465 e. The summed E-state index contributed by atoms with van der Waals surface area (Å²) in [5.74, 6) is -0.862. The van der Waals surface area contributed by atoms with Gasteiger partial charge in [0.05, 0.1) is 17.6 Å². The van der Waals surface area contributed by atoms with Gasteiger partial charge in [0.15, 0.2) is 0 Å². The van der Waals surface area contributed by atoms with Crippen molar-refractivity contribution in [1.29, 1.82) is 0 Å². The van der Waals surface area contributed by atoms with Gasteiger partial charge in [-0.2, -0.15) is 0 Å². The third-order valence-electron chi connectivity index (χ3n) is 4.00. The molecule has 8 nitrogen and oxygen atoms in total. The minimum absolute atomic E-state index is 0.00886. The van der Waals surface area contributed by atoms with Gasteiger partial charge in [0.25, 0.3) is 5.69 Å². The number of carbonyl (C=O) groups excluding carboxylic acids is 2. The molecular weight excluding hydrogens is 302 g/mol. The molecule has 2 rings (SSSR count). The van der Waals surface area contributed by atoms with Crippen molar-refractivity contribution in [2.75, 3.05) is 12.4 Å². The van der Waals surface area contributed by atoms with Crippen molar-refractivity contribution in [2.45, 2.75) is 31.7 Å². The lowest BCUT2D eigenvalue weighted by Crippen LogP contribution is -2.28. The first-order chi connectivity index (χ1) is 10.9. The lowest BCUT2D eigenvalue weighted by Gasteiger charge is -2.15. The average Bonchev–Trinajstić information content (AvgIpc) is 2.91. The van der Waals surface area contributed by atoms with Crippen molar-refractivity contribution in [1.82, 2.24) is 0 Å². The van der Waals surface area contributed by atoms with E-state index in [-0.39, 0.29) is 41.2 Å². The number of hydrogen-bond acceptors (Lipinski definition) is 6. The van der Waals surface area contributed by atoms with Gasteiger partial charge in [0.1, 0.15) is 0 Å². The van der Waals surface area contributed by atoms with Crippen LogP contribution in [0.2, 0.25) is 0 Å². The zero-order chi connectivity index (χ0) is 17.0. The Balaban J connectivity index is 2.14. The van der Waals surface area contributed by atoms with Crippen molar-refractivity contribution < 1.29 is 19.2 Å². The van der Waals surface area contributed by atoms with Crippen molar-refractivity contribution in [3.8, 4) is 0 Å². The number of benzene rings is 1. The molecule has 0 aromatic heterocycles. The van der Waals surface area contributed by atoms with Crippen molar-refractivity contribution >= 4 is 23.3 Å². The molecule has 0 heterocycles. The Hall–Kier alpha value is -2.48. The van der Waals surface area contributed by atoms with E-state index in [0.29, 0.717) is 0 Å². The van der Waals surface area contributed by atoms with E-state index in [1.54, 1.807) is 0 Å². The number of anilines is 1. The second kappa shape index (κ2) is 7.19. The molecule has 1 aromatic carbocycles. The van der Waals surface area contributed by atoms with Crippen LogP contribution >= 0.6 is 0 Å². The Kier molecular flexibility index (Phi) is 5.28. The van der Waals surface area contributed by atoms with Gasteiger partial charge in [-0.25, -0.2) is 4.79 Å². The first-order valence-electron chi connectivity index (χ1n) is 7.34. The summed E-state index contributed by atoms with van der Waals surface area (Å²) in [5, 5.41) is 13.5.